The van der Waals surface area contributed by atoms with Gasteiger partial charge in [-0.05, 0) is 17.7 Å². The van der Waals surface area contributed by atoms with Gasteiger partial charge in [0.25, 0.3) is 0 Å². The molecule has 0 radical (unpaired) electrons. The van der Waals surface area contributed by atoms with Crippen LogP contribution >= 0.6 is 11.6 Å². The summed E-state index contributed by atoms with van der Waals surface area (Å²) in [7, 11) is 0. The second kappa shape index (κ2) is 4.64. The predicted octanol–water partition coefficient (Wildman–Crippen LogP) is 2.06. The van der Waals surface area contributed by atoms with Crippen molar-refractivity contribution in [1.29, 1.82) is 5.26 Å². The number of carbonyl (C=O) groups is 1. The maximum absolute atomic E-state index is 10.5. The molecule has 1 rings (SSSR count). The van der Waals surface area contributed by atoms with Crippen molar-refractivity contribution in [2.45, 2.75) is 11.8 Å². The molecule has 1 N–H and O–H groups in total. The van der Waals surface area contributed by atoms with Crippen molar-refractivity contribution in [2.75, 3.05) is 0 Å². The number of hydrogen-bond donors (Lipinski definition) is 1. The number of rotatable bonds is 3. The second-order valence-electron chi connectivity index (χ2n) is 2.80. The summed E-state index contributed by atoms with van der Waals surface area (Å²) in [6.45, 7) is 0. The molecule has 0 saturated carbocycles. The van der Waals surface area contributed by atoms with Crippen LogP contribution in [0.15, 0.2) is 24.3 Å². The fourth-order valence-corrected chi connectivity index (χ4v) is 1.21. The largest absolute Gasteiger partial charge is 0.478 e. The topological polar surface area (TPSA) is 61.1 Å². The van der Waals surface area contributed by atoms with Crippen molar-refractivity contribution in [3.8, 4) is 6.07 Å². The number of nitrogens with zero attached hydrogens (tertiary/aromatic N) is 1. The molecule has 0 heterocycles. The molecule has 0 aliphatic rings. The van der Waals surface area contributed by atoms with E-state index in [2.05, 4.69) is 0 Å². The average molecular weight is 210 g/mol. The molecule has 0 aliphatic heterocycles. The highest BCUT2D eigenvalue weighted by molar-refractivity contribution is 6.22. The first kappa shape index (κ1) is 10.6. The quantitative estimate of drug-likeness (QED) is 0.776. The Morgan fingerprint density at radius 1 is 1.50 bits per heavy atom. The Morgan fingerprint density at radius 2 is 2.07 bits per heavy atom. The summed E-state index contributed by atoms with van der Waals surface area (Å²) < 4.78 is 0. The van der Waals surface area contributed by atoms with Crippen LogP contribution in [-0.4, -0.2) is 16.5 Å². The molecule has 1 aromatic rings. The summed E-state index contributed by atoms with van der Waals surface area (Å²) in [6, 6.07) is 8.22. The van der Waals surface area contributed by atoms with Crippen LogP contribution in [0, 0.1) is 11.3 Å². The number of alkyl halides is 1. The van der Waals surface area contributed by atoms with Gasteiger partial charge in [-0.2, -0.15) is 5.26 Å². The second-order valence-corrected chi connectivity index (χ2v) is 3.33. The van der Waals surface area contributed by atoms with Gasteiger partial charge in [0.1, 0.15) is 5.38 Å². The molecule has 72 valence electrons. The van der Waals surface area contributed by atoms with Crippen LogP contribution in [0.4, 0.5) is 0 Å². The summed E-state index contributed by atoms with van der Waals surface area (Å²) in [5.74, 6) is -0.959. The first-order valence-electron chi connectivity index (χ1n) is 3.99. The standard InChI is InChI=1S/C10H8ClNO2/c11-9(6-12)5-7-1-3-8(4-2-7)10(13)14/h1-4,9H,5H2,(H,13,14). The highest BCUT2D eigenvalue weighted by Gasteiger charge is 2.05. The SMILES string of the molecule is N#CC(Cl)Cc1ccc(C(=O)O)cc1. The van der Waals surface area contributed by atoms with E-state index in [1.54, 1.807) is 12.1 Å². The lowest BCUT2D eigenvalue weighted by Crippen LogP contribution is -2.01. The van der Waals surface area contributed by atoms with Gasteiger partial charge in [0.05, 0.1) is 11.6 Å². The third kappa shape index (κ3) is 2.75. The van der Waals surface area contributed by atoms with Crippen molar-refractivity contribution in [3.63, 3.8) is 0 Å². The molecule has 1 aromatic carbocycles. The number of benzene rings is 1. The van der Waals surface area contributed by atoms with Gasteiger partial charge in [-0.3, -0.25) is 0 Å². The van der Waals surface area contributed by atoms with Crippen LogP contribution in [0.5, 0.6) is 0 Å². The Bertz CT molecular complexity index is 367. The fourth-order valence-electron chi connectivity index (χ4n) is 1.04. The van der Waals surface area contributed by atoms with Crippen LogP contribution in [0.2, 0.25) is 0 Å². The number of carboxylic acid groups (broad SMARTS) is 1. The molecule has 14 heavy (non-hydrogen) atoms. The monoisotopic (exact) mass is 209 g/mol. The van der Waals surface area contributed by atoms with Crippen molar-refractivity contribution >= 4 is 17.6 Å². The molecule has 0 aliphatic carbocycles. The number of hydrogen-bond acceptors (Lipinski definition) is 2. The lowest BCUT2D eigenvalue weighted by molar-refractivity contribution is 0.0697. The van der Waals surface area contributed by atoms with Gasteiger partial charge in [0.2, 0.25) is 0 Å². The van der Waals surface area contributed by atoms with Crippen molar-refractivity contribution in [2.24, 2.45) is 0 Å². The van der Waals surface area contributed by atoms with Gasteiger partial charge in [-0.15, -0.1) is 11.6 Å². The maximum Gasteiger partial charge on any atom is 0.335 e. The highest BCUT2D eigenvalue weighted by atomic mass is 35.5. The Kier molecular flexibility index (Phi) is 3.49. The molecule has 0 bridgehead atoms. The molecule has 0 aromatic heterocycles. The fraction of sp³-hybridized carbons (Fsp3) is 0.200. The molecule has 4 heteroatoms. The van der Waals surface area contributed by atoms with Gasteiger partial charge in [-0.1, -0.05) is 12.1 Å². The van der Waals surface area contributed by atoms with Gasteiger partial charge in [0, 0.05) is 6.42 Å². The van der Waals surface area contributed by atoms with E-state index in [0.717, 1.165) is 5.56 Å². The molecule has 3 nitrogen and oxygen atoms in total. The molecule has 0 amide bonds. The summed E-state index contributed by atoms with van der Waals surface area (Å²) in [4.78, 5) is 10.5. The average Bonchev–Trinajstić information content (AvgIpc) is 2.18. The van der Waals surface area contributed by atoms with Crippen LogP contribution in [0.3, 0.4) is 0 Å². The zero-order valence-corrected chi connectivity index (χ0v) is 8.03. The molecule has 0 fully saturated rings. The van der Waals surface area contributed by atoms with Crippen LogP contribution in [0.25, 0.3) is 0 Å². The summed E-state index contributed by atoms with van der Waals surface area (Å²) in [6.07, 6.45) is 0.429. The van der Waals surface area contributed by atoms with Crippen LogP contribution in [-0.2, 0) is 6.42 Å². The lowest BCUT2D eigenvalue weighted by Gasteiger charge is -2.01. The van der Waals surface area contributed by atoms with Crippen molar-refractivity contribution in [3.05, 3.63) is 35.4 Å². The Balaban J connectivity index is 2.75. The normalized spacial score (nSPS) is 11.7. The summed E-state index contributed by atoms with van der Waals surface area (Å²) >= 11 is 5.62. The van der Waals surface area contributed by atoms with Gasteiger partial charge >= 0.3 is 5.97 Å². The first-order chi connectivity index (χ1) is 6.63. The summed E-state index contributed by atoms with van der Waals surface area (Å²) in [5, 5.41) is 16.5. The van der Waals surface area contributed by atoms with E-state index >= 15 is 0 Å². The Labute approximate surface area is 86.5 Å². The Hall–Kier alpha value is -1.53. The molecular weight excluding hydrogens is 202 g/mol. The molecular formula is C10H8ClNO2. The van der Waals surface area contributed by atoms with E-state index < -0.39 is 11.3 Å². The zero-order valence-electron chi connectivity index (χ0n) is 7.27. The minimum absolute atomic E-state index is 0.233. The Morgan fingerprint density at radius 3 is 2.50 bits per heavy atom. The van der Waals surface area contributed by atoms with Crippen molar-refractivity contribution < 1.29 is 9.90 Å². The third-order valence-electron chi connectivity index (χ3n) is 1.76. The number of carboxylic acids is 1. The minimum Gasteiger partial charge on any atom is -0.478 e. The van der Waals surface area contributed by atoms with Gasteiger partial charge in [-0.25, -0.2) is 4.79 Å². The van der Waals surface area contributed by atoms with Crippen LogP contribution in [0.1, 0.15) is 15.9 Å². The van der Waals surface area contributed by atoms with Gasteiger partial charge in [0.15, 0.2) is 0 Å². The predicted molar refractivity (Wildman–Crippen MR) is 52.4 cm³/mol. The molecule has 0 saturated heterocycles. The van der Waals surface area contributed by atoms with E-state index in [4.69, 9.17) is 22.0 Å². The number of aromatic carboxylic acids is 1. The highest BCUT2D eigenvalue weighted by Crippen LogP contribution is 2.09. The number of halogens is 1. The third-order valence-corrected chi connectivity index (χ3v) is 2.01. The van der Waals surface area contributed by atoms with Crippen molar-refractivity contribution in [1.82, 2.24) is 0 Å². The van der Waals surface area contributed by atoms with Crippen LogP contribution < -0.4 is 0 Å². The van der Waals surface area contributed by atoms with E-state index in [1.165, 1.54) is 12.1 Å². The maximum atomic E-state index is 10.5. The van der Waals surface area contributed by atoms with E-state index in [1.807, 2.05) is 6.07 Å². The van der Waals surface area contributed by atoms with E-state index in [-0.39, 0.29) is 5.56 Å². The summed E-state index contributed by atoms with van der Waals surface area (Å²) in [5.41, 5.74) is 1.09. The molecule has 0 spiro atoms. The minimum atomic E-state index is -0.959. The molecule has 1 atom stereocenters. The lowest BCUT2D eigenvalue weighted by atomic mass is 10.1. The van der Waals surface area contributed by atoms with E-state index in [0.29, 0.717) is 6.42 Å². The first-order valence-corrected chi connectivity index (χ1v) is 4.43. The van der Waals surface area contributed by atoms with E-state index in [9.17, 15) is 4.79 Å². The smallest absolute Gasteiger partial charge is 0.335 e. The number of nitriles is 1. The molecule has 1 unspecified atom stereocenters. The van der Waals surface area contributed by atoms with Gasteiger partial charge < -0.3 is 5.11 Å². The zero-order chi connectivity index (χ0) is 10.6.